The Hall–Kier alpha value is -4.39. The minimum absolute atomic E-state index is 0.280. The lowest BCUT2D eigenvalue weighted by atomic mass is 9.77. The summed E-state index contributed by atoms with van der Waals surface area (Å²) in [6.45, 7) is 0.878. The van der Waals surface area contributed by atoms with E-state index in [2.05, 4.69) is 18.2 Å². The Bertz CT molecular complexity index is 1600. The summed E-state index contributed by atoms with van der Waals surface area (Å²) in [5.41, 5.74) is 6.46. The summed E-state index contributed by atoms with van der Waals surface area (Å²) in [6, 6.07) is 26.9. The molecule has 7 heteroatoms. The average Bonchev–Trinajstić information content (AvgIpc) is 3.35. The highest BCUT2D eigenvalue weighted by molar-refractivity contribution is 5.94. The summed E-state index contributed by atoms with van der Waals surface area (Å²) in [5, 5.41) is 15.2. The van der Waals surface area contributed by atoms with Crippen LogP contribution in [-0.4, -0.2) is 26.8 Å². The van der Waals surface area contributed by atoms with E-state index in [0.717, 1.165) is 65.4 Å². The molecule has 1 aliphatic carbocycles. The van der Waals surface area contributed by atoms with Crippen molar-refractivity contribution in [3.05, 3.63) is 107 Å². The Labute approximate surface area is 246 Å². The number of carbonyl (C=O) groups is 1. The molecule has 0 bridgehead atoms. The van der Waals surface area contributed by atoms with Crippen LogP contribution >= 0.6 is 0 Å². The van der Waals surface area contributed by atoms with Crippen LogP contribution in [0.2, 0.25) is 0 Å². The first-order valence-electron chi connectivity index (χ1n) is 14.9. The molecule has 0 atom stereocenters. The highest BCUT2D eigenvalue weighted by atomic mass is 16.5. The number of allylic oxidation sites excluding steroid dienone is 1. The molecule has 2 heterocycles. The van der Waals surface area contributed by atoms with Crippen molar-refractivity contribution >= 4 is 28.3 Å². The summed E-state index contributed by atoms with van der Waals surface area (Å²) in [6.07, 6.45) is 5.66. The van der Waals surface area contributed by atoms with Crippen molar-refractivity contribution in [1.29, 1.82) is 0 Å². The second-order valence-corrected chi connectivity index (χ2v) is 11.4. The van der Waals surface area contributed by atoms with Gasteiger partial charge in [-0.1, -0.05) is 72.8 Å². The zero-order valence-electron chi connectivity index (χ0n) is 24.0. The number of nitrogens with zero attached hydrogens (tertiary/aromatic N) is 3. The van der Waals surface area contributed by atoms with Crippen LogP contribution in [0.3, 0.4) is 0 Å². The van der Waals surface area contributed by atoms with Crippen molar-refractivity contribution in [3.8, 4) is 0 Å². The first-order valence-corrected chi connectivity index (χ1v) is 14.9. The minimum Gasteiger partial charge on any atom is -0.481 e. The molecule has 6 rings (SSSR count). The quantitative estimate of drug-likeness (QED) is 0.226. The van der Waals surface area contributed by atoms with Gasteiger partial charge < -0.3 is 14.6 Å². The van der Waals surface area contributed by atoms with Crippen LogP contribution in [0, 0.1) is 5.92 Å². The normalized spacial score (nSPS) is 19.0. The zero-order valence-corrected chi connectivity index (χ0v) is 24.0. The molecule has 42 heavy (non-hydrogen) atoms. The van der Waals surface area contributed by atoms with E-state index in [4.69, 9.17) is 24.7 Å². The maximum atomic E-state index is 11.1. The Morgan fingerprint density at radius 1 is 0.881 bits per heavy atom. The third-order valence-electron chi connectivity index (χ3n) is 8.48. The van der Waals surface area contributed by atoms with Crippen LogP contribution in [0.4, 0.5) is 0 Å². The summed E-state index contributed by atoms with van der Waals surface area (Å²) in [7, 11) is 1.99. The van der Waals surface area contributed by atoms with Crippen molar-refractivity contribution in [3.63, 3.8) is 0 Å². The fourth-order valence-electron chi connectivity index (χ4n) is 6.18. The maximum Gasteiger partial charge on any atom is 0.303 e. The van der Waals surface area contributed by atoms with E-state index in [1.165, 1.54) is 5.56 Å². The largest absolute Gasteiger partial charge is 0.481 e. The van der Waals surface area contributed by atoms with Gasteiger partial charge in [-0.25, -0.2) is 0 Å². The standard InChI is InChI=1S/C35H37N3O4/c1-38-31-21-28(27-14-12-24(13-15-27)20-33(39)40)16-17-29(31)34(37-38)30-18-19-32(41-22-25-8-4-2-5-9-25)36-35(30)42-23-26-10-6-3-7-11-26/h2-11,16-17,21,24,27H,12-15,18-20,22-23H2,1H3,(H,39,40). The van der Waals surface area contributed by atoms with Crippen molar-refractivity contribution in [2.75, 3.05) is 0 Å². The van der Waals surface area contributed by atoms with E-state index in [9.17, 15) is 4.79 Å². The Balaban J connectivity index is 1.27. The van der Waals surface area contributed by atoms with Gasteiger partial charge in [0.25, 0.3) is 0 Å². The lowest BCUT2D eigenvalue weighted by molar-refractivity contribution is -0.138. The molecular formula is C35H37N3O4. The molecule has 0 radical (unpaired) electrons. The first kappa shape index (κ1) is 27.8. The van der Waals surface area contributed by atoms with E-state index in [0.29, 0.717) is 43.3 Å². The van der Waals surface area contributed by atoms with E-state index >= 15 is 0 Å². The third kappa shape index (κ3) is 6.40. The van der Waals surface area contributed by atoms with Gasteiger partial charge in [0.05, 0.1) is 5.52 Å². The van der Waals surface area contributed by atoms with Gasteiger partial charge in [0, 0.05) is 30.8 Å². The van der Waals surface area contributed by atoms with E-state index < -0.39 is 5.97 Å². The van der Waals surface area contributed by atoms with E-state index in [-0.39, 0.29) is 6.42 Å². The molecule has 1 N–H and O–H groups in total. The number of aliphatic imine (C=N–C) groups is 1. The second kappa shape index (κ2) is 12.6. The van der Waals surface area contributed by atoms with Crippen molar-refractivity contribution in [2.24, 2.45) is 18.0 Å². The van der Waals surface area contributed by atoms with Crippen LogP contribution in [0.25, 0.3) is 16.5 Å². The number of hydrogen-bond acceptors (Lipinski definition) is 5. The fourth-order valence-corrected chi connectivity index (χ4v) is 6.18. The molecule has 0 amide bonds. The van der Waals surface area contributed by atoms with Gasteiger partial charge in [0.15, 0.2) is 5.90 Å². The van der Waals surface area contributed by atoms with E-state index in [1.54, 1.807) is 0 Å². The summed E-state index contributed by atoms with van der Waals surface area (Å²) >= 11 is 0. The van der Waals surface area contributed by atoms with Crippen LogP contribution in [0.5, 0.6) is 0 Å². The summed E-state index contributed by atoms with van der Waals surface area (Å²) in [5.74, 6) is 1.29. The summed E-state index contributed by atoms with van der Waals surface area (Å²) in [4.78, 5) is 16.0. The number of aryl methyl sites for hydroxylation is 1. The van der Waals surface area contributed by atoms with Crippen LogP contribution in [-0.2, 0) is 34.5 Å². The molecule has 216 valence electrons. The SMILES string of the molecule is Cn1nc(C2=C(OCc3ccccc3)N=C(OCc3ccccc3)CC2)c2ccc(C3CCC(CC(=O)O)CC3)cc21. The molecule has 1 saturated carbocycles. The van der Waals surface area contributed by atoms with Gasteiger partial charge >= 0.3 is 5.97 Å². The average molecular weight is 564 g/mol. The minimum atomic E-state index is -0.689. The Morgan fingerprint density at radius 2 is 1.55 bits per heavy atom. The highest BCUT2D eigenvalue weighted by Crippen LogP contribution is 2.39. The van der Waals surface area contributed by atoms with Crippen LogP contribution < -0.4 is 0 Å². The molecular weight excluding hydrogens is 526 g/mol. The molecule has 0 unspecified atom stereocenters. The van der Waals surface area contributed by atoms with Gasteiger partial charge in [-0.15, -0.1) is 0 Å². The first-order chi connectivity index (χ1) is 20.5. The number of aliphatic carboxylic acids is 1. The maximum absolute atomic E-state index is 11.1. The summed E-state index contributed by atoms with van der Waals surface area (Å²) < 4.78 is 14.4. The van der Waals surface area contributed by atoms with Crippen LogP contribution in [0.1, 0.15) is 73.2 Å². The van der Waals surface area contributed by atoms with Crippen molar-refractivity contribution in [1.82, 2.24) is 9.78 Å². The molecule has 2 aliphatic rings. The van der Waals surface area contributed by atoms with Gasteiger partial charge in [0.2, 0.25) is 5.88 Å². The van der Waals surface area contributed by atoms with Crippen molar-refractivity contribution in [2.45, 2.75) is 64.1 Å². The number of aromatic nitrogens is 2. The van der Waals surface area contributed by atoms with Gasteiger partial charge in [0.1, 0.15) is 18.9 Å². The number of carboxylic acids is 1. The number of ether oxygens (including phenoxy) is 2. The highest BCUT2D eigenvalue weighted by Gasteiger charge is 2.27. The monoisotopic (exact) mass is 563 g/mol. The second-order valence-electron chi connectivity index (χ2n) is 11.4. The molecule has 4 aromatic rings. The van der Waals surface area contributed by atoms with Crippen molar-refractivity contribution < 1.29 is 19.4 Å². The fraction of sp³-hybridized carbons (Fsp3) is 0.343. The van der Waals surface area contributed by atoms with Crippen LogP contribution in [0.15, 0.2) is 89.7 Å². The zero-order chi connectivity index (χ0) is 28.9. The molecule has 3 aromatic carbocycles. The molecule has 0 saturated heterocycles. The predicted octanol–water partition coefficient (Wildman–Crippen LogP) is 7.62. The van der Waals surface area contributed by atoms with Gasteiger partial charge in [-0.2, -0.15) is 10.1 Å². The number of carboxylic acid groups (broad SMARTS) is 1. The topological polar surface area (TPSA) is 85.9 Å². The lowest BCUT2D eigenvalue weighted by Gasteiger charge is -2.28. The lowest BCUT2D eigenvalue weighted by Crippen LogP contribution is -2.16. The molecule has 1 aliphatic heterocycles. The Kier molecular flexibility index (Phi) is 8.35. The number of fused-ring (bicyclic) bond motifs is 1. The predicted molar refractivity (Wildman–Crippen MR) is 164 cm³/mol. The smallest absolute Gasteiger partial charge is 0.303 e. The molecule has 0 spiro atoms. The molecule has 1 aromatic heterocycles. The molecule has 1 fully saturated rings. The number of benzene rings is 3. The van der Waals surface area contributed by atoms with E-state index in [1.807, 2.05) is 72.4 Å². The number of rotatable bonds is 9. The van der Waals surface area contributed by atoms with Gasteiger partial charge in [-0.05, 0) is 66.7 Å². The third-order valence-corrected chi connectivity index (χ3v) is 8.48. The van der Waals surface area contributed by atoms with Gasteiger partial charge in [-0.3, -0.25) is 9.48 Å². The molecule has 7 nitrogen and oxygen atoms in total. The Morgan fingerprint density at radius 3 is 2.21 bits per heavy atom. The number of hydrogen-bond donors (Lipinski definition) is 1.